The third-order valence-corrected chi connectivity index (χ3v) is 6.79. The molecule has 2 aliphatic heterocycles. The fraction of sp³-hybridized carbons (Fsp3) is 0.682. The van der Waals surface area contributed by atoms with E-state index in [2.05, 4.69) is 78.0 Å². The van der Waals surface area contributed by atoms with Crippen LogP contribution in [-0.4, -0.2) is 72.1 Å². The first kappa shape index (κ1) is 20.5. The molecular weight excluding hydrogens is 352 g/mol. The highest BCUT2D eigenvalue weighted by atomic mass is 32.2. The maximum absolute atomic E-state index is 5.03. The summed E-state index contributed by atoms with van der Waals surface area (Å²) in [5.41, 5.74) is 1.44. The normalized spacial score (nSPS) is 23.6. The van der Waals surface area contributed by atoms with Crippen molar-refractivity contribution in [3.8, 4) is 0 Å². The van der Waals surface area contributed by atoms with E-state index in [1.807, 2.05) is 0 Å². The number of nitrogens with zero attached hydrogens (tertiary/aromatic N) is 3. The first-order valence-corrected chi connectivity index (χ1v) is 11.5. The number of nitrogens with one attached hydrogen (secondary N) is 1. The summed E-state index contributed by atoms with van der Waals surface area (Å²) in [5, 5.41) is 3.52. The molecule has 1 aromatic carbocycles. The van der Waals surface area contributed by atoms with Crippen molar-refractivity contribution in [1.29, 1.82) is 0 Å². The number of guanidine groups is 1. The Bertz CT molecular complexity index is 602. The highest BCUT2D eigenvalue weighted by molar-refractivity contribution is 8.00. The molecule has 2 heterocycles. The van der Waals surface area contributed by atoms with E-state index in [0.29, 0.717) is 10.7 Å². The summed E-state index contributed by atoms with van der Waals surface area (Å²) < 4.78 is 0.316. The van der Waals surface area contributed by atoms with Gasteiger partial charge >= 0.3 is 0 Å². The van der Waals surface area contributed by atoms with Gasteiger partial charge in [-0.15, -0.1) is 0 Å². The van der Waals surface area contributed by atoms with Crippen LogP contribution in [-0.2, 0) is 6.42 Å². The molecule has 0 aromatic heterocycles. The molecule has 0 saturated carbocycles. The van der Waals surface area contributed by atoms with Gasteiger partial charge in [0.15, 0.2) is 5.96 Å². The molecule has 5 heteroatoms. The predicted octanol–water partition coefficient (Wildman–Crippen LogP) is 3.34. The van der Waals surface area contributed by atoms with E-state index < -0.39 is 0 Å². The van der Waals surface area contributed by atoms with Crippen LogP contribution in [0.1, 0.15) is 32.8 Å². The zero-order valence-corrected chi connectivity index (χ0v) is 18.1. The lowest BCUT2D eigenvalue weighted by Gasteiger charge is -2.39. The number of hydrogen-bond donors (Lipinski definition) is 1. The molecule has 1 unspecified atom stereocenters. The summed E-state index contributed by atoms with van der Waals surface area (Å²) in [7, 11) is 0. The smallest absolute Gasteiger partial charge is 0.193 e. The van der Waals surface area contributed by atoms with Crippen LogP contribution in [0.25, 0.3) is 0 Å². The summed E-state index contributed by atoms with van der Waals surface area (Å²) in [5.74, 6) is 3.00. The molecule has 1 aromatic rings. The van der Waals surface area contributed by atoms with Gasteiger partial charge < -0.3 is 15.1 Å². The molecule has 27 heavy (non-hydrogen) atoms. The van der Waals surface area contributed by atoms with Crippen LogP contribution < -0.4 is 5.32 Å². The van der Waals surface area contributed by atoms with Crippen molar-refractivity contribution in [2.75, 3.05) is 51.6 Å². The molecule has 2 fully saturated rings. The zero-order chi connectivity index (χ0) is 19.1. The molecule has 0 spiro atoms. The summed E-state index contributed by atoms with van der Waals surface area (Å²) in [6.07, 6.45) is 2.43. The van der Waals surface area contributed by atoms with Crippen LogP contribution in [0.4, 0.5) is 0 Å². The largest absolute Gasteiger partial charge is 0.357 e. The Kier molecular flexibility index (Phi) is 7.48. The maximum Gasteiger partial charge on any atom is 0.193 e. The van der Waals surface area contributed by atoms with Gasteiger partial charge in [-0.2, -0.15) is 11.8 Å². The molecule has 2 saturated heterocycles. The van der Waals surface area contributed by atoms with Gasteiger partial charge in [0.1, 0.15) is 0 Å². The van der Waals surface area contributed by atoms with Gasteiger partial charge in [0.2, 0.25) is 0 Å². The van der Waals surface area contributed by atoms with E-state index in [9.17, 15) is 0 Å². The van der Waals surface area contributed by atoms with E-state index in [1.54, 1.807) is 0 Å². The van der Waals surface area contributed by atoms with Gasteiger partial charge in [-0.1, -0.05) is 30.3 Å². The second kappa shape index (κ2) is 9.83. The second-order valence-electron chi connectivity index (χ2n) is 8.42. The quantitative estimate of drug-likeness (QED) is 0.598. The van der Waals surface area contributed by atoms with E-state index in [4.69, 9.17) is 4.99 Å². The van der Waals surface area contributed by atoms with E-state index in [1.165, 1.54) is 37.4 Å². The molecule has 0 bridgehead atoms. The lowest BCUT2D eigenvalue weighted by atomic mass is 10.1. The third-order valence-electron chi connectivity index (χ3n) is 5.49. The Hall–Kier alpha value is -1.20. The zero-order valence-electron chi connectivity index (χ0n) is 17.3. The summed E-state index contributed by atoms with van der Waals surface area (Å²) in [4.78, 5) is 10.1. The summed E-state index contributed by atoms with van der Waals surface area (Å²) in [6.45, 7) is 14.5. The first-order valence-electron chi connectivity index (χ1n) is 10.5. The molecular formula is C22H36N4S. The number of benzene rings is 1. The molecule has 150 valence electrons. The van der Waals surface area contributed by atoms with Crippen molar-refractivity contribution in [2.45, 2.75) is 38.4 Å². The minimum Gasteiger partial charge on any atom is -0.357 e. The van der Waals surface area contributed by atoms with Crippen LogP contribution in [0.3, 0.4) is 0 Å². The van der Waals surface area contributed by atoms with Crippen LogP contribution in [0.5, 0.6) is 0 Å². The van der Waals surface area contributed by atoms with Crippen LogP contribution in [0.2, 0.25) is 0 Å². The SMILES string of the molecule is CCNC(=NCC1CCN(CCc2ccccc2)C1)N1CCSC(C)(C)C1. The van der Waals surface area contributed by atoms with Gasteiger partial charge in [0.25, 0.3) is 0 Å². The van der Waals surface area contributed by atoms with E-state index in [-0.39, 0.29) is 0 Å². The van der Waals surface area contributed by atoms with E-state index >= 15 is 0 Å². The maximum atomic E-state index is 5.03. The first-order chi connectivity index (χ1) is 13.1. The Morgan fingerprint density at radius 1 is 1.26 bits per heavy atom. The highest BCUT2D eigenvalue weighted by Crippen LogP contribution is 2.29. The lowest BCUT2D eigenvalue weighted by molar-refractivity contribution is 0.329. The van der Waals surface area contributed by atoms with Gasteiger partial charge in [-0.25, -0.2) is 0 Å². The number of hydrogen-bond acceptors (Lipinski definition) is 3. The molecule has 1 N–H and O–H groups in total. The van der Waals surface area contributed by atoms with Crippen molar-refractivity contribution in [2.24, 2.45) is 10.9 Å². The van der Waals surface area contributed by atoms with Crippen molar-refractivity contribution >= 4 is 17.7 Å². The number of likely N-dealkylation sites (tertiary alicyclic amines) is 1. The van der Waals surface area contributed by atoms with Gasteiger partial charge in [0, 0.05) is 49.8 Å². The Labute approximate surface area is 169 Å². The van der Waals surface area contributed by atoms with Crippen LogP contribution in [0, 0.1) is 5.92 Å². The Morgan fingerprint density at radius 2 is 2.07 bits per heavy atom. The number of aliphatic imine (C=N–C) groups is 1. The monoisotopic (exact) mass is 388 g/mol. The van der Waals surface area contributed by atoms with Crippen molar-refractivity contribution in [1.82, 2.24) is 15.1 Å². The molecule has 0 amide bonds. The van der Waals surface area contributed by atoms with Crippen molar-refractivity contribution < 1.29 is 0 Å². The molecule has 3 rings (SSSR count). The minimum atomic E-state index is 0.316. The minimum absolute atomic E-state index is 0.316. The average Bonchev–Trinajstić information content (AvgIpc) is 3.11. The van der Waals surface area contributed by atoms with E-state index in [0.717, 1.165) is 38.6 Å². The van der Waals surface area contributed by atoms with Crippen LogP contribution >= 0.6 is 11.8 Å². The third kappa shape index (κ3) is 6.42. The topological polar surface area (TPSA) is 30.9 Å². The molecule has 0 radical (unpaired) electrons. The lowest BCUT2D eigenvalue weighted by Crippen LogP contribution is -2.51. The standard InChI is InChI=1S/C22H36N4S/c1-4-23-21(26-14-15-27-22(2,3)18-26)24-16-20-11-13-25(17-20)12-10-19-8-6-5-7-9-19/h5-9,20H,4,10-18H2,1-3H3,(H,23,24). The Morgan fingerprint density at radius 3 is 2.81 bits per heavy atom. The summed E-state index contributed by atoms with van der Waals surface area (Å²) >= 11 is 2.08. The van der Waals surface area contributed by atoms with Gasteiger partial charge in [0.05, 0.1) is 0 Å². The number of thioether (sulfide) groups is 1. The molecule has 1 atom stereocenters. The highest BCUT2D eigenvalue weighted by Gasteiger charge is 2.29. The van der Waals surface area contributed by atoms with Gasteiger partial charge in [-0.3, -0.25) is 4.99 Å². The molecule has 2 aliphatic rings. The predicted molar refractivity (Wildman–Crippen MR) is 119 cm³/mol. The fourth-order valence-corrected chi connectivity index (χ4v) is 5.15. The fourth-order valence-electron chi connectivity index (χ4n) is 4.04. The van der Waals surface area contributed by atoms with Crippen molar-refractivity contribution in [3.05, 3.63) is 35.9 Å². The van der Waals surface area contributed by atoms with Crippen molar-refractivity contribution in [3.63, 3.8) is 0 Å². The Balaban J connectivity index is 1.48. The summed E-state index contributed by atoms with van der Waals surface area (Å²) in [6, 6.07) is 10.8. The molecule has 4 nitrogen and oxygen atoms in total. The molecule has 0 aliphatic carbocycles. The van der Waals surface area contributed by atoms with Gasteiger partial charge in [-0.05, 0) is 51.6 Å². The second-order valence-corrected chi connectivity index (χ2v) is 10.2. The van der Waals surface area contributed by atoms with Crippen LogP contribution in [0.15, 0.2) is 35.3 Å². The average molecular weight is 389 g/mol. The number of rotatable bonds is 6.